The smallest absolute Gasteiger partial charge is 0.194 e. The highest BCUT2D eigenvalue weighted by atomic mass is 35.5. The lowest BCUT2D eigenvalue weighted by atomic mass is 9.98. The highest BCUT2D eigenvalue weighted by molar-refractivity contribution is 7.99. The predicted molar refractivity (Wildman–Crippen MR) is 113 cm³/mol. The quantitative estimate of drug-likeness (QED) is 0.380. The Morgan fingerprint density at radius 1 is 1.09 bits per heavy atom. The Labute approximate surface area is 199 Å². The van der Waals surface area contributed by atoms with E-state index in [0.29, 0.717) is 9.92 Å². The Morgan fingerprint density at radius 2 is 1.79 bits per heavy atom. The van der Waals surface area contributed by atoms with Crippen LogP contribution in [0.15, 0.2) is 41.4 Å². The van der Waals surface area contributed by atoms with Crippen LogP contribution in [-0.4, -0.2) is 55.6 Å². The lowest BCUT2D eigenvalue weighted by Crippen LogP contribution is -2.53. The van der Waals surface area contributed by atoms with E-state index in [2.05, 4.69) is 10.3 Å². The summed E-state index contributed by atoms with van der Waals surface area (Å²) >= 11 is 12.9. The van der Waals surface area contributed by atoms with Crippen molar-refractivity contribution >= 4 is 35.0 Å². The Bertz CT molecular complexity index is 1150. The van der Waals surface area contributed by atoms with E-state index in [1.165, 1.54) is 12.1 Å². The molecule has 2 N–H and O–H groups in total. The third-order valence-electron chi connectivity index (χ3n) is 5.04. The van der Waals surface area contributed by atoms with Crippen LogP contribution < -0.4 is 0 Å². The van der Waals surface area contributed by atoms with Crippen LogP contribution in [0.3, 0.4) is 0 Å². The maximum atomic E-state index is 15.5. The van der Waals surface area contributed by atoms with Gasteiger partial charge in [-0.2, -0.15) is 0 Å². The van der Waals surface area contributed by atoms with Crippen molar-refractivity contribution in [1.29, 1.82) is 0 Å². The van der Waals surface area contributed by atoms with E-state index in [-0.39, 0.29) is 16.3 Å². The standard InChI is InChI=1S/C20H15Cl2F4N3O3S/c21-10-2-1-9(5-11(10)22)33-20-17(26)18(19(31)15(7-30)32-20)29-6-14(27-28-29)8-3-12(23)16(25)13(24)4-8/h1-6,15,17-20,30-31H,7H2/t15-,17-,18-,19+,20+/m1/s1. The van der Waals surface area contributed by atoms with E-state index in [0.717, 1.165) is 34.8 Å². The average molecular weight is 524 g/mol. The molecule has 2 aromatic carbocycles. The molecule has 2 heterocycles. The molecule has 0 saturated carbocycles. The number of rotatable bonds is 5. The van der Waals surface area contributed by atoms with Crippen LogP contribution >= 0.6 is 35.0 Å². The fraction of sp³-hybridized carbons (Fsp3) is 0.300. The summed E-state index contributed by atoms with van der Waals surface area (Å²) in [6.07, 6.45) is -3.37. The minimum absolute atomic E-state index is 0.0760. The van der Waals surface area contributed by atoms with Crippen LogP contribution in [0.5, 0.6) is 0 Å². The van der Waals surface area contributed by atoms with Crippen molar-refractivity contribution in [3.05, 3.63) is 64.0 Å². The number of nitrogens with zero attached hydrogens (tertiary/aromatic N) is 3. The van der Waals surface area contributed by atoms with E-state index in [1.54, 1.807) is 6.07 Å². The summed E-state index contributed by atoms with van der Waals surface area (Å²) < 4.78 is 62.4. The van der Waals surface area contributed by atoms with Gasteiger partial charge in [0.25, 0.3) is 0 Å². The van der Waals surface area contributed by atoms with E-state index >= 15 is 4.39 Å². The zero-order valence-corrected chi connectivity index (χ0v) is 18.7. The SMILES string of the molecule is OC[C@H]1O[C@@H](Sc2ccc(Cl)c(Cl)c2)[C@H](F)[C@@H](n2cc(-c3cc(F)c(F)c(F)c3)nn2)[C@H]1O. The number of thioether (sulfide) groups is 1. The van der Waals surface area contributed by atoms with Gasteiger partial charge in [-0.25, -0.2) is 22.2 Å². The lowest BCUT2D eigenvalue weighted by molar-refractivity contribution is -0.161. The summed E-state index contributed by atoms with van der Waals surface area (Å²) in [5.74, 6) is -4.48. The van der Waals surface area contributed by atoms with Gasteiger partial charge in [-0.3, -0.25) is 0 Å². The van der Waals surface area contributed by atoms with Crippen molar-refractivity contribution in [3.8, 4) is 11.3 Å². The van der Waals surface area contributed by atoms with Crippen LogP contribution in [0.25, 0.3) is 11.3 Å². The van der Waals surface area contributed by atoms with Gasteiger partial charge in [0.2, 0.25) is 0 Å². The molecule has 1 fully saturated rings. The molecule has 0 unspecified atom stereocenters. The summed E-state index contributed by atoms with van der Waals surface area (Å²) in [5.41, 5.74) is -1.39. The molecule has 33 heavy (non-hydrogen) atoms. The molecule has 13 heteroatoms. The summed E-state index contributed by atoms with van der Waals surface area (Å²) in [6.45, 7) is -0.612. The van der Waals surface area contributed by atoms with Crippen molar-refractivity contribution in [1.82, 2.24) is 15.0 Å². The fourth-order valence-electron chi connectivity index (χ4n) is 3.39. The second-order valence-electron chi connectivity index (χ2n) is 7.18. The number of halogens is 6. The topological polar surface area (TPSA) is 80.4 Å². The van der Waals surface area contributed by atoms with Gasteiger partial charge in [0, 0.05) is 10.5 Å². The number of aliphatic hydroxyl groups is 2. The average Bonchev–Trinajstić information content (AvgIpc) is 3.26. The minimum Gasteiger partial charge on any atom is -0.394 e. The fourth-order valence-corrected chi connectivity index (χ4v) is 4.84. The molecule has 1 aliphatic heterocycles. The number of hydrogen-bond donors (Lipinski definition) is 2. The Balaban J connectivity index is 1.63. The number of ether oxygens (including phenoxy) is 1. The Kier molecular flexibility index (Phi) is 7.18. The van der Waals surface area contributed by atoms with Crippen molar-refractivity contribution in [2.24, 2.45) is 0 Å². The summed E-state index contributed by atoms with van der Waals surface area (Å²) in [6, 6.07) is 4.74. The maximum absolute atomic E-state index is 15.5. The van der Waals surface area contributed by atoms with Gasteiger partial charge >= 0.3 is 0 Å². The number of aliphatic hydroxyl groups excluding tert-OH is 2. The molecule has 5 atom stereocenters. The third-order valence-corrected chi connectivity index (χ3v) is 6.91. The molecule has 1 saturated heterocycles. The molecule has 0 bridgehead atoms. The lowest BCUT2D eigenvalue weighted by Gasteiger charge is -2.40. The molecule has 3 aromatic rings. The Hall–Kier alpha value is -1.89. The first kappa shape index (κ1) is 24.2. The highest BCUT2D eigenvalue weighted by Crippen LogP contribution is 2.41. The van der Waals surface area contributed by atoms with E-state index in [1.807, 2.05) is 0 Å². The summed E-state index contributed by atoms with van der Waals surface area (Å²) in [4.78, 5) is 0.528. The van der Waals surface area contributed by atoms with Gasteiger partial charge in [-0.1, -0.05) is 40.2 Å². The maximum Gasteiger partial charge on any atom is 0.194 e. The van der Waals surface area contributed by atoms with Gasteiger partial charge in [0.05, 0.1) is 22.8 Å². The molecule has 1 aliphatic rings. The highest BCUT2D eigenvalue weighted by Gasteiger charge is 2.47. The zero-order valence-electron chi connectivity index (χ0n) is 16.4. The molecule has 0 spiro atoms. The summed E-state index contributed by atoms with van der Waals surface area (Å²) in [7, 11) is 0. The largest absolute Gasteiger partial charge is 0.394 e. The molecule has 0 radical (unpaired) electrons. The first-order chi connectivity index (χ1) is 15.7. The zero-order chi connectivity index (χ0) is 23.9. The second-order valence-corrected chi connectivity index (χ2v) is 9.17. The predicted octanol–water partition coefficient (Wildman–Crippen LogP) is 4.42. The van der Waals surface area contributed by atoms with Gasteiger partial charge in [0.1, 0.15) is 29.4 Å². The Morgan fingerprint density at radius 3 is 2.42 bits per heavy atom. The van der Waals surface area contributed by atoms with Gasteiger partial charge < -0.3 is 14.9 Å². The monoisotopic (exact) mass is 523 g/mol. The molecular weight excluding hydrogens is 509 g/mol. The van der Waals surface area contributed by atoms with Crippen LogP contribution in [-0.2, 0) is 4.74 Å². The molecule has 6 nitrogen and oxygen atoms in total. The molecule has 176 valence electrons. The third kappa shape index (κ3) is 4.84. The normalized spacial score (nSPS) is 25.4. The number of alkyl halides is 1. The van der Waals surface area contributed by atoms with Crippen LogP contribution in [0.1, 0.15) is 6.04 Å². The van der Waals surface area contributed by atoms with Gasteiger partial charge in [-0.05, 0) is 30.3 Å². The van der Waals surface area contributed by atoms with Crippen LogP contribution in [0.2, 0.25) is 10.0 Å². The number of hydrogen-bond acceptors (Lipinski definition) is 6. The van der Waals surface area contributed by atoms with E-state index < -0.39 is 53.9 Å². The summed E-state index contributed by atoms with van der Waals surface area (Å²) in [5, 5.41) is 28.3. The molecular formula is C20H15Cl2F4N3O3S. The van der Waals surface area contributed by atoms with Crippen LogP contribution in [0.4, 0.5) is 17.6 Å². The molecule has 1 aromatic heterocycles. The molecule has 4 rings (SSSR count). The first-order valence-corrected chi connectivity index (χ1v) is 11.1. The number of aromatic nitrogens is 3. The van der Waals surface area contributed by atoms with Crippen LogP contribution in [0, 0.1) is 17.5 Å². The van der Waals surface area contributed by atoms with Crippen molar-refractivity contribution in [3.63, 3.8) is 0 Å². The van der Waals surface area contributed by atoms with Gasteiger partial charge in [-0.15, -0.1) is 5.10 Å². The molecule has 0 amide bonds. The van der Waals surface area contributed by atoms with Crippen molar-refractivity contribution in [2.75, 3.05) is 6.61 Å². The first-order valence-electron chi connectivity index (χ1n) is 9.46. The van der Waals surface area contributed by atoms with E-state index in [9.17, 15) is 23.4 Å². The van der Waals surface area contributed by atoms with Gasteiger partial charge in [0.15, 0.2) is 23.6 Å². The van der Waals surface area contributed by atoms with Crippen molar-refractivity contribution < 1.29 is 32.5 Å². The van der Waals surface area contributed by atoms with Crippen molar-refractivity contribution in [2.45, 2.75) is 34.8 Å². The van der Waals surface area contributed by atoms with E-state index in [4.69, 9.17) is 27.9 Å². The molecule has 0 aliphatic carbocycles. The second kappa shape index (κ2) is 9.77. The number of benzene rings is 2. The minimum atomic E-state index is -1.85.